The number of methoxy groups -OCH3 is 1. The normalized spacial score (nSPS) is 19.5. The zero-order valence-corrected chi connectivity index (χ0v) is 18.7. The smallest absolute Gasteiger partial charge is 0.409 e. The molecule has 3 rings (SSSR count). The maximum Gasteiger partial charge on any atom is 0.409 e. The fraction of sp³-hybridized carbons (Fsp3) is 0.545. The van der Waals surface area contributed by atoms with Gasteiger partial charge in [0, 0.05) is 44.8 Å². The van der Waals surface area contributed by atoms with Crippen molar-refractivity contribution in [2.24, 2.45) is 5.92 Å². The van der Waals surface area contributed by atoms with E-state index >= 15 is 0 Å². The van der Waals surface area contributed by atoms with E-state index < -0.39 is 12.0 Å². The van der Waals surface area contributed by atoms with Gasteiger partial charge in [-0.15, -0.1) is 0 Å². The first-order valence-corrected chi connectivity index (χ1v) is 10.8. The Morgan fingerprint density at radius 3 is 2.31 bits per heavy atom. The number of amides is 4. The molecule has 2 saturated heterocycles. The molecule has 1 aromatic rings. The summed E-state index contributed by atoms with van der Waals surface area (Å²) in [6.45, 7) is 5.48. The Balaban J connectivity index is 1.50. The first kappa shape index (κ1) is 23.4. The molecule has 0 aliphatic carbocycles. The fourth-order valence-electron chi connectivity index (χ4n) is 3.89. The summed E-state index contributed by atoms with van der Waals surface area (Å²) < 4.78 is 10.1. The second-order valence-corrected chi connectivity index (χ2v) is 7.84. The number of carbonyl (C=O) groups excluding carboxylic acids is 4. The predicted molar refractivity (Wildman–Crippen MR) is 116 cm³/mol. The number of rotatable bonds is 6. The first-order chi connectivity index (χ1) is 15.3. The molecule has 32 heavy (non-hydrogen) atoms. The van der Waals surface area contributed by atoms with Crippen LogP contribution in [-0.2, 0) is 19.1 Å². The van der Waals surface area contributed by atoms with E-state index in [4.69, 9.17) is 9.47 Å². The van der Waals surface area contributed by atoms with Crippen molar-refractivity contribution in [1.29, 1.82) is 0 Å². The molecule has 174 valence electrons. The summed E-state index contributed by atoms with van der Waals surface area (Å²) in [5.41, 5.74) is 0.703. The number of benzene rings is 1. The highest BCUT2D eigenvalue weighted by molar-refractivity contribution is 6.01. The predicted octanol–water partition coefficient (Wildman–Crippen LogP) is 0.854. The number of piperazine rings is 1. The van der Waals surface area contributed by atoms with Crippen molar-refractivity contribution in [2.75, 3.05) is 51.3 Å². The van der Waals surface area contributed by atoms with Crippen molar-refractivity contribution in [3.63, 3.8) is 0 Å². The number of hydrogen-bond acceptors (Lipinski definition) is 6. The van der Waals surface area contributed by atoms with Gasteiger partial charge in [-0.05, 0) is 38.1 Å². The van der Waals surface area contributed by atoms with E-state index in [1.807, 2.05) is 0 Å². The van der Waals surface area contributed by atoms with Crippen LogP contribution in [0.1, 0.15) is 20.3 Å². The molecular formula is C22H30N4O6. The maximum atomic E-state index is 12.7. The highest BCUT2D eigenvalue weighted by Gasteiger charge is 2.36. The second kappa shape index (κ2) is 10.3. The monoisotopic (exact) mass is 446 g/mol. The van der Waals surface area contributed by atoms with E-state index in [2.05, 4.69) is 5.32 Å². The lowest BCUT2D eigenvalue weighted by Gasteiger charge is -2.35. The first-order valence-electron chi connectivity index (χ1n) is 10.8. The molecule has 10 nitrogen and oxygen atoms in total. The minimum absolute atomic E-state index is 0.0942. The lowest BCUT2D eigenvalue weighted by atomic mass is 10.1. The van der Waals surface area contributed by atoms with Crippen LogP contribution in [0, 0.1) is 5.92 Å². The lowest BCUT2D eigenvalue weighted by Crippen LogP contribution is -2.55. The molecule has 2 aliphatic rings. The number of anilines is 1. The minimum atomic E-state index is -0.721. The molecule has 0 saturated carbocycles. The van der Waals surface area contributed by atoms with Crippen LogP contribution in [0.25, 0.3) is 0 Å². The third-order valence-corrected chi connectivity index (χ3v) is 5.73. The minimum Gasteiger partial charge on any atom is -0.497 e. The van der Waals surface area contributed by atoms with Gasteiger partial charge in [0.2, 0.25) is 17.7 Å². The van der Waals surface area contributed by atoms with Crippen molar-refractivity contribution in [2.45, 2.75) is 26.3 Å². The van der Waals surface area contributed by atoms with Gasteiger partial charge in [-0.1, -0.05) is 0 Å². The molecule has 0 aromatic heterocycles. The largest absolute Gasteiger partial charge is 0.497 e. The average Bonchev–Trinajstić information content (AvgIpc) is 3.20. The number of nitrogens with zero attached hydrogens (tertiary/aromatic N) is 3. The molecule has 2 aliphatic heterocycles. The van der Waals surface area contributed by atoms with Crippen molar-refractivity contribution in [1.82, 2.24) is 15.1 Å². The van der Waals surface area contributed by atoms with Gasteiger partial charge < -0.3 is 29.5 Å². The molecular weight excluding hydrogens is 416 g/mol. The van der Waals surface area contributed by atoms with Gasteiger partial charge in [0.25, 0.3) is 0 Å². The molecule has 10 heteroatoms. The van der Waals surface area contributed by atoms with Crippen LogP contribution in [0.15, 0.2) is 24.3 Å². The fourth-order valence-corrected chi connectivity index (χ4v) is 3.89. The molecule has 4 amide bonds. The maximum absolute atomic E-state index is 12.7. The third-order valence-electron chi connectivity index (χ3n) is 5.73. The van der Waals surface area contributed by atoms with Gasteiger partial charge in [0.05, 0.1) is 19.6 Å². The van der Waals surface area contributed by atoms with E-state index in [0.717, 1.165) is 0 Å². The summed E-state index contributed by atoms with van der Waals surface area (Å²) in [6.07, 6.45) is -0.287. The topological polar surface area (TPSA) is 108 Å². The molecule has 1 aromatic carbocycles. The number of hydrogen-bond donors (Lipinski definition) is 1. The zero-order valence-electron chi connectivity index (χ0n) is 18.7. The van der Waals surface area contributed by atoms with Gasteiger partial charge in [0.1, 0.15) is 11.8 Å². The summed E-state index contributed by atoms with van der Waals surface area (Å²) >= 11 is 0. The molecule has 2 heterocycles. The lowest BCUT2D eigenvalue weighted by molar-refractivity contribution is -0.138. The van der Waals surface area contributed by atoms with Gasteiger partial charge in [-0.3, -0.25) is 14.4 Å². The Kier molecular flexibility index (Phi) is 7.55. The number of nitrogens with one attached hydrogen (secondary N) is 1. The zero-order chi connectivity index (χ0) is 23.3. The van der Waals surface area contributed by atoms with Crippen LogP contribution < -0.4 is 15.0 Å². The summed E-state index contributed by atoms with van der Waals surface area (Å²) in [5.74, 6) is -0.506. The van der Waals surface area contributed by atoms with E-state index in [0.29, 0.717) is 44.2 Å². The van der Waals surface area contributed by atoms with Crippen molar-refractivity contribution in [3.8, 4) is 5.75 Å². The molecule has 0 spiro atoms. The van der Waals surface area contributed by atoms with E-state index in [1.165, 1.54) is 0 Å². The Bertz CT molecular complexity index is 850. The SMILES string of the molecule is CCOC(=O)N1CCN(C(=O)[C@H](C)NC(=O)C2CC(=O)N(c3ccc(OC)cc3)C2)CC1. The summed E-state index contributed by atoms with van der Waals surface area (Å²) in [6, 6.07) is 6.36. The van der Waals surface area contributed by atoms with Crippen LogP contribution in [0.4, 0.5) is 10.5 Å². The van der Waals surface area contributed by atoms with Crippen molar-refractivity contribution in [3.05, 3.63) is 24.3 Å². The van der Waals surface area contributed by atoms with Crippen LogP contribution >= 0.6 is 0 Å². The van der Waals surface area contributed by atoms with Crippen LogP contribution in [0.3, 0.4) is 0 Å². The van der Waals surface area contributed by atoms with Crippen molar-refractivity contribution >= 4 is 29.5 Å². The van der Waals surface area contributed by atoms with Gasteiger partial charge in [-0.25, -0.2) is 4.79 Å². The molecule has 2 fully saturated rings. The molecule has 0 radical (unpaired) electrons. The molecule has 0 bridgehead atoms. The molecule has 2 atom stereocenters. The second-order valence-electron chi connectivity index (χ2n) is 7.84. The highest BCUT2D eigenvalue weighted by Crippen LogP contribution is 2.27. The quantitative estimate of drug-likeness (QED) is 0.694. The van der Waals surface area contributed by atoms with Gasteiger partial charge in [-0.2, -0.15) is 0 Å². The van der Waals surface area contributed by atoms with Gasteiger partial charge >= 0.3 is 6.09 Å². The summed E-state index contributed by atoms with van der Waals surface area (Å²) in [5, 5.41) is 2.75. The van der Waals surface area contributed by atoms with E-state index in [-0.39, 0.29) is 36.8 Å². The summed E-state index contributed by atoms with van der Waals surface area (Å²) in [4.78, 5) is 54.5. The average molecular weight is 447 g/mol. The summed E-state index contributed by atoms with van der Waals surface area (Å²) in [7, 11) is 1.57. The number of carbonyl (C=O) groups is 4. The van der Waals surface area contributed by atoms with E-state index in [9.17, 15) is 19.2 Å². The van der Waals surface area contributed by atoms with Gasteiger partial charge in [0.15, 0.2) is 0 Å². The van der Waals surface area contributed by atoms with Crippen LogP contribution in [-0.4, -0.2) is 86.1 Å². The Morgan fingerprint density at radius 2 is 1.72 bits per heavy atom. The standard InChI is InChI=1S/C22H30N4O6/c1-4-32-22(30)25-11-9-24(10-12-25)21(29)15(2)23-20(28)16-13-19(27)26(14-16)17-5-7-18(31-3)8-6-17/h5-8,15-16H,4,9-14H2,1-3H3,(H,23,28)/t15-,16?/m0/s1. The van der Waals surface area contributed by atoms with Crippen LogP contribution in [0.2, 0.25) is 0 Å². The van der Waals surface area contributed by atoms with Crippen molar-refractivity contribution < 1.29 is 28.7 Å². The number of ether oxygens (including phenoxy) is 2. The Labute approximate surface area is 187 Å². The third kappa shape index (κ3) is 5.30. The molecule has 1 unspecified atom stereocenters. The molecule has 1 N–H and O–H groups in total. The Hall–Kier alpha value is -3.30. The van der Waals surface area contributed by atoms with Crippen LogP contribution in [0.5, 0.6) is 5.75 Å². The van der Waals surface area contributed by atoms with E-state index in [1.54, 1.807) is 59.9 Å². The highest BCUT2D eigenvalue weighted by atomic mass is 16.6. The Morgan fingerprint density at radius 1 is 1.09 bits per heavy atom.